The van der Waals surface area contributed by atoms with Crippen molar-refractivity contribution in [3.8, 4) is 0 Å². The lowest BCUT2D eigenvalue weighted by atomic mass is 10.3. The van der Waals surface area contributed by atoms with Crippen molar-refractivity contribution in [3.63, 3.8) is 0 Å². The molecule has 7 heteroatoms. The van der Waals surface area contributed by atoms with Gasteiger partial charge in [0.2, 0.25) is 5.91 Å². The summed E-state index contributed by atoms with van der Waals surface area (Å²) in [5, 5.41) is 5.18. The van der Waals surface area contributed by atoms with Crippen molar-refractivity contribution in [2.45, 2.75) is 6.92 Å². The zero-order chi connectivity index (χ0) is 16.1. The number of anilines is 1. The van der Waals surface area contributed by atoms with Crippen LogP contribution in [-0.4, -0.2) is 29.8 Å². The minimum absolute atomic E-state index is 0.0607. The van der Waals surface area contributed by atoms with Gasteiger partial charge in [-0.1, -0.05) is 35.3 Å². The van der Waals surface area contributed by atoms with Gasteiger partial charge in [-0.05, 0) is 30.5 Å². The Labute approximate surface area is 142 Å². The first-order valence-corrected chi connectivity index (χ1v) is 8.23. The van der Waals surface area contributed by atoms with Crippen LogP contribution in [0.1, 0.15) is 16.6 Å². The smallest absolute Gasteiger partial charge is 0.264 e. The molecule has 0 atom stereocenters. The number of nitrogens with zero attached hydrogens (tertiary/aromatic N) is 1. The van der Waals surface area contributed by atoms with Gasteiger partial charge in [-0.25, -0.2) is 0 Å². The van der Waals surface area contributed by atoms with Crippen molar-refractivity contribution in [2.75, 3.05) is 18.4 Å². The summed E-state index contributed by atoms with van der Waals surface area (Å²) >= 11 is 13.4. The highest BCUT2D eigenvalue weighted by Gasteiger charge is 2.19. The van der Waals surface area contributed by atoms with Gasteiger partial charge in [0.25, 0.3) is 5.91 Å². The summed E-state index contributed by atoms with van der Waals surface area (Å²) in [4.78, 5) is 26.5. The summed E-state index contributed by atoms with van der Waals surface area (Å²) in [5.41, 5.74) is 0.357. The fourth-order valence-corrected chi connectivity index (χ4v) is 3.04. The van der Waals surface area contributed by atoms with Crippen LogP contribution in [0.5, 0.6) is 0 Å². The molecule has 2 aromatic rings. The predicted octanol–water partition coefficient (Wildman–Crippen LogP) is 4.16. The Balaban J connectivity index is 2.05. The standard InChI is InChI=1S/C15H14Cl2N2O2S/c1-2-19(15(21)12-7-4-8-22-12)9-13(20)18-14-10(16)5-3-6-11(14)17/h3-8H,2,9H2,1H3,(H,18,20). The molecule has 1 aromatic heterocycles. The number of nitrogens with one attached hydrogen (secondary N) is 1. The molecule has 4 nitrogen and oxygen atoms in total. The molecule has 0 unspecified atom stereocenters. The second-order valence-electron chi connectivity index (χ2n) is 4.44. The van der Waals surface area contributed by atoms with Gasteiger partial charge < -0.3 is 10.2 Å². The molecule has 0 spiro atoms. The van der Waals surface area contributed by atoms with Crippen LogP contribution in [0.4, 0.5) is 5.69 Å². The topological polar surface area (TPSA) is 49.4 Å². The zero-order valence-corrected chi connectivity index (χ0v) is 14.1. The first-order valence-electron chi connectivity index (χ1n) is 6.59. The third kappa shape index (κ3) is 4.00. The third-order valence-corrected chi connectivity index (χ3v) is 4.45. The van der Waals surface area contributed by atoms with Crippen molar-refractivity contribution < 1.29 is 9.59 Å². The van der Waals surface area contributed by atoms with Gasteiger partial charge in [0, 0.05) is 6.54 Å². The summed E-state index contributed by atoms with van der Waals surface area (Å²) in [7, 11) is 0. The Kier molecular flexibility index (Phi) is 5.83. The van der Waals surface area contributed by atoms with Crippen molar-refractivity contribution in [2.24, 2.45) is 0 Å². The van der Waals surface area contributed by atoms with Crippen molar-refractivity contribution in [1.29, 1.82) is 0 Å². The molecular weight excluding hydrogens is 343 g/mol. The van der Waals surface area contributed by atoms with E-state index < -0.39 is 0 Å². The Morgan fingerprint density at radius 2 is 1.86 bits per heavy atom. The maximum absolute atomic E-state index is 12.3. The maximum Gasteiger partial charge on any atom is 0.264 e. The maximum atomic E-state index is 12.3. The number of thiophene rings is 1. The average Bonchev–Trinajstić information content (AvgIpc) is 3.02. The van der Waals surface area contributed by atoms with Crippen LogP contribution in [0.3, 0.4) is 0 Å². The van der Waals surface area contributed by atoms with Gasteiger partial charge >= 0.3 is 0 Å². The minimum Gasteiger partial charge on any atom is -0.329 e. The van der Waals surface area contributed by atoms with Gasteiger partial charge in [-0.15, -0.1) is 11.3 Å². The quantitative estimate of drug-likeness (QED) is 0.874. The molecule has 0 saturated heterocycles. The highest BCUT2D eigenvalue weighted by atomic mass is 35.5. The van der Waals surface area contributed by atoms with E-state index >= 15 is 0 Å². The van der Waals surface area contributed by atoms with E-state index in [4.69, 9.17) is 23.2 Å². The molecule has 2 rings (SSSR count). The number of carbonyl (C=O) groups excluding carboxylic acids is 2. The second-order valence-corrected chi connectivity index (χ2v) is 6.20. The first-order chi connectivity index (χ1) is 10.5. The summed E-state index contributed by atoms with van der Waals surface area (Å²) < 4.78 is 0. The number of para-hydroxylation sites is 1. The van der Waals surface area contributed by atoms with Crippen molar-refractivity contribution in [1.82, 2.24) is 4.90 Å². The van der Waals surface area contributed by atoms with Gasteiger partial charge in [-0.3, -0.25) is 9.59 Å². The second kappa shape index (κ2) is 7.63. The monoisotopic (exact) mass is 356 g/mol. The van der Waals surface area contributed by atoms with Crippen LogP contribution in [-0.2, 0) is 4.79 Å². The number of amides is 2. The zero-order valence-electron chi connectivity index (χ0n) is 11.8. The lowest BCUT2D eigenvalue weighted by Crippen LogP contribution is -2.37. The SMILES string of the molecule is CCN(CC(=O)Nc1c(Cl)cccc1Cl)C(=O)c1cccs1. The number of hydrogen-bond acceptors (Lipinski definition) is 3. The number of hydrogen-bond donors (Lipinski definition) is 1. The van der Waals surface area contributed by atoms with E-state index in [0.29, 0.717) is 27.2 Å². The van der Waals surface area contributed by atoms with E-state index in [0.717, 1.165) is 0 Å². The van der Waals surface area contributed by atoms with E-state index in [9.17, 15) is 9.59 Å². The van der Waals surface area contributed by atoms with Crippen LogP contribution in [0.15, 0.2) is 35.7 Å². The molecule has 0 radical (unpaired) electrons. The molecule has 0 aliphatic rings. The van der Waals surface area contributed by atoms with E-state index in [-0.39, 0.29) is 18.4 Å². The number of rotatable bonds is 5. The van der Waals surface area contributed by atoms with Crippen LogP contribution in [0.2, 0.25) is 10.0 Å². The average molecular weight is 357 g/mol. The molecule has 1 heterocycles. The van der Waals surface area contributed by atoms with E-state index in [2.05, 4.69) is 5.32 Å². The normalized spacial score (nSPS) is 10.3. The van der Waals surface area contributed by atoms with Crippen molar-refractivity contribution in [3.05, 3.63) is 50.6 Å². The molecule has 0 aliphatic carbocycles. The predicted molar refractivity (Wildman–Crippen MR) is 91.0 cm³/mol. The lowest BCUT2D eigenvalue weighted by molar-refractivity contribution is -0.116. The van der Waals surface area contributed by atoms with Crippen molar-refractivity contribution >= 4 is 52.0 Å². The van der Waals surface area contributed by atoms with Gasteiger partial charge in [0.15, 0.2) is 0 Å². The molecule has 2 amide bonds. The highest BCUT2D eigenvalue weighted by Crippen LogP contribution is 2.29. The summed E-state index contributed by atoms with van der Waals surface area (Å²) in [6.07, 6.45) is 0. The number of halogens is 2. The summed E-state index contributed by atoms with van der Waals surface area (Å²) in [6.45, 7) is 2.19. The van der Waals surface area contributed by atoms with Gasteiger partial charge in [0.1, 0.15) is 6.54 Å². The van der Waals surface area contributed by atoms with Gasteiger partial charge in [-0.2, -0.15) is 0 Å². The van der Waals surface area contributed by atoms with E-state index in [1.54, 1.807) is 30.3 Å². The number of benzene rings is 1. The van der Waals surface area contributed by atoms with E-state index in [1.165, 1.54) is 16.2 Å². The Morgan fingerprint density at radius 1 is 1.18 bits per heavy atom. The molecule has 0 aliphatic heterocycles. The molecule has 1 N–H and O–H groups in total. The molecule has 0 fully saturated rings. The lowest BCUT2D eigenvalue weighted by Gasteiger charge is -2.20. The third-order valence-electron chi connectivity index (χ3n) is 2.96. The molecular formula is C15H14Cl2N2O2S. The molecule has 0 saturated carbocycles. The van der Waals surface area contributed by atoms with Crippen LogP contribution in [0, 0.1) is 0 Å². The fourth-order valence-electron chi connectivity index (χ4n) is 1.85. The van der Waals surface area contributed by atoms with Crippen LogP contribution >= 0.6 is 34.5 Å². The summed E-state index contributed by atoms with van der Waals surface area (Å²) in [5.74, 6) is -0.514. The van der Waals surface area contributed by atoms with Crippen LogP contribution < -0.4 is 5.32 Å². The number of carbonyl (C=O) groups is 2. The Hall–Kier alpha value is -1.56. The Bertz CT molecular complexity index is 654. The van der Waals surface area contributed by atoms with Gasteiger partial charge in [0.05, 0.1) is 20.6 Å². The molecule has 22 heavy (non-hydrogen) atoms. The summed E-state index contributed by atoms with van der Waals surface area (Å²) in [6, 6.07) is 8.50. The number of likely N-dealkylation sites (N-methyl/N-ethyl adjacent to an activating group) is 1. The van der Waals surface area contributed by atoms with E-state index in [1.807, 2.05) is 12.3 Å². The fraction of sp³-hybridized carbons (Fsp3) is 0.200. The highest BCUT2D eigenvalue weighted by molar-refractivity contribution is 7.12. The largest absolute Gasteiger partial charge is 0.329 e. The first kappa shape index (κ1) is 16.8. The Morgan fingerprint density at radius 3 is 2.41 bits per heavy atom. The molecule has 0 bridgehead atoms. The molecule has 1 aromatic carbocycles. The van der Waals surface area contributed by atoms with Crippen LogP contribution in [0.25, 0.3) is 0 Å². The molecule has 116 valence electrons. The minimum atomic E-state index is -0.346.